The minimum Gasteiger partial charge on any atom is -0.312 e. The predicted molar refractivity (Wildman–Crippen MR) is 81.2 cm³/mol. The zero-order valence-electron chi connectivity index (χ0n) is 10.9. The summed E-state index contributed by atoms with van der Waals surface area (Å²) < 4.78 is 24.1. The van der Waals surface area contributed by atoms with Crippen LogP contribution in [-0.2, 0) is 9.84 Å². The number of hydrogen-bond donors (Lipinski definition) is 1. The molecular formula is C14H20BrNO2S. The minimum absolute atomic E-state index is 0.377. The summed E-state index contributed by atoms with van der Waals surface area (Å²) in [5.41, 5.74) is 0. The van der Waals surface area contributed by atoms with Crippen LogP contribution < -0.4 is 5.32 Å². The molecule has 19 heavy (non-hydrogen) atoms. The molecule has 1 aromatic carbocycles. The molecule has 1 N–H and O–H groups in total. The third-order valence-corrected chi connectivity index (χ3v) is 7.15. The molecule has 3 nitrogen and oxygen atoms in total. The van der Waals surface area contributed by atoms with Crippen LogP contribution in [-0.4, -0.2) is 25.2 Å². The van der Waals surface area contributed by atoms with Gasteiger partial charge in [-0.25, -0.2) is 8.42 Å². The van der Waals surface area contributed by atoms with E-state index in [0.717, 1.165) is 12.8 Å². The highest BCUT2D eigenvalue weighted by Gasteiger charge is 2.25. The Kier molecular flexibility index (Phi) is 5.42. The summed E-state index contributed by atoms with van der Waals surface area (Å²) in [6.45, 7) is 0.460. The number of halogens is 1. The SMILES string of the molecule is O=S(=O)(c1ccccc1)[C@@H](Br)CNC1CCCCC1. The molecule has 2 rings (SSSR count). The van der Waals surface area contributed by atoms with Gasteiger partial charge in [-0.3, -0.25) is 0 Å². The monoisotopic (exact) mass is 345 g/mol. The second kappa shape index (κ2) is 6.86. The summed E-state index contributed by atoms with van der Waals surface area (Å²) in [6.07, 6.45) is 6.11. The van der Waals surface area contributed by atoms with Crippen molar-refractivity contribution in [1.82, 2.24) is 5.32 Å². The van der Waals surface area contributed by atoms with E-state index in [0.29, 0.717) is 17.5 Å². The molecule has 1 atom stereocenters. The van der Waals surface area contributed by atoms with E-state index in [4.69, 9.17) is 0 Å². The van der Waals surface area contributed by atoms with Crippen molar-refractivity contribution >= 4 is 25.8 Å². The van der Waals surface area contributed by atoms with Crippen LogP contribution in [0.1, 0.15) is 32.1 Å². The van der Waals surface area contributed by atoms with Crippen LogP contribution in [0.25, 0.3) is 0 Å². The Balaban J connectivity index is 1.93. The molecule has 1 aliphatic rings. The highest BCUT2D eigenvalue weighted by Crippen LogP contribution is 2.21. The largest absolute Gasteiger partial charge is 0.312 e. The second-order valence-corrected chi connectivity index (χ2v) is 8.85. The van der Waals surface area contributed by atoms with Gasteiger partial charge in [0.1, 0.15) is 4.16 Å². The fraction of sp³-hybridized carbons (Fsp3) is 0.571. The van der Waals surface area contributed by atoms with Gasteiger partial charge in [-0.05, 0) is 25.0 Å². The molecule has 1 aliphatic carbocycles. The molecular weight excluding hydrogens is 326 g/mol. The van der Waals surface area contributed by atoms with E-state index in [1.54, 1.807) is 24.3 Å². The second-order valence-electron chi connectivity index (χ2n) is 5.01. The Morgan fingerprint density at radius 2 is 1.79 bits per heavy atom. The van der Waals surface area contributed by atoms with E-state index in [1.165, 1.54) is 19.3 Å². The van der Waals surface area contributed by atoms with Crippen LogP contribution in [0.2, 0.25) is 0 Å². The molecule has 106 valence electrons. The van der Waals surface area contributed by atoms with Gasteiger partial charge in [-0.2, -0.15) is 0 Å². The molecule has 0 radical (unpaired) electrons. The van der Waals surface area contributed by atoms with Crippen LogP contribution in [0, 0.1) is 0 Å². The minimum atomic E-state index is -3.29. The Morgan fingerprint density at radius 3 is 2.42 bits per heavy atom. The molecule has 1 aromatic rings. The van der Waals surface area contributed by atoms with Crippen LogP contribution in [0.4, 0.5) is 0 Å². The first-order valence-electron chi connectivity index (χ1n) is 6.77. The first-order chi connectivity index (χ1) is 9.10. The summed E-state index contributed by atoms with van der Waals surface area (Å²) in [5, 5.41) is 3.37. The number of sulfone groups is 1. The van der Waals surface area contributed by atoms with Crippen molar-refractivity contribution in [3.05, 3.63) is 30.3 Å². The summed E-state index contributed by atoms with van der Waals surface area (Å²) >= 11 is 3.31. The number of benzene rings is 1. The van der Waals surface area contributed by atoms with Crippen molar-refractivity contribution in [2.75, 3.05) is 6.54 Å². The van der Waals surface area contributed by atoms with Crippen molar-refractivity contribution in [3.63, 3.8) is 0 Å². The molecule has 0 saturated heterocycles. The van der Waals surface area contributed by atoms with Crippen LogP contribution in [0.3, 0.4) is 0 Å². The third-order valence-electron chi connectivity index (χ3n) is 3.58. The predicted octanol–water partition coefficient (Wildman–Crippen LogP) is 3.10. The number of nitrogens with one attached hydrogen (secondary N) is 1. The van der Waals surface area contributed by atoms with E-state index in [2.05, 4.69) is 21.2 Å². The molecule has 0 aromatic heterocycles. The van der Waals surface area contributed by atoms with E-state index in [9.17, 15) is 8.42 Å². The average molecular weight is 346 g/mol. The standard InChI is InChI=1S/C14H20BrNO2S/c15-14(11-16-12-7-3-1-4-8-12)19(17,18)13-9-5-2-6-10-13/h2,5-6,9-10,12,14,16H,1,3-4,7-8,11H2/t14-/m1/s1. The maximum absolute atomic E-state index is 12.3. The molecule has 0 aliphatic heterocycles. The number of rotatable bonds is 5. The Bertz CT molecular complexity index is 483. The number of alkyl halides is 1. The van der Waals surface area contributed by atoms with E-state index in [-0.39, 0.29) is 0 Å². The van der Waals surface area contributed by atoms with E-state index < -0.39 is 14.0 Å². The fourth-order valence-electron chi connectivity index (χ4n) is 2.43. The molecule has 5 heteroatoms. The molecule has 0 bridgehead atoms. The summed E-state index contributed by atoms with van der Waals surface area (Å²) in [4.78, 5) is 0.377. The Hall–Kier alpha value is -0.390. The lowest BCUT2D eigenvalue weighted by atomic mass is 9.96. The normalized spacial score (nSPS) is 19.2. The lowest BCUT2D eigenvalue weighted by molar-refractivity contribution is 0.379. The smallest absolute Gasteiger partial charge is 0.192 e. The van der Waals surface area contributed by atoms with Crippen molar-refractivity contribution in [2.24, 2.45) is 0 Å². The quantitative estimate of drug-likeness (QED) is 0.834. The van der Waals surface area contributed by atoms with Gasteiger partial charge < -0.3 is 5.32 Å². The van der Waals surface area contributed by atoms with Crippen molar-refractivity contribution in [2.45, 2.75) is 47.2 Å². The van der Waals surface area contributed by atoms with Crippen LogP contribution in [0.5, 0.6) is 0 Å². The molecule has 0 amide bonds. The van der Waals surface area contributed by atoms with Crippen LogP contribution >= 0.6 is 15.9 Å². The van der Waals surface area contributed by atoms with Gasteiger partial charge in [0, 0.05) is 12.6 Å². The zero-order chi connectivity index (χ0) is 13.7. The third kappa shape index (κ3) is 4.04. The topological polar surface area (TPSA) is 46.2 Å². The van der Waals surface area contributed by atoms with Gasteiger partial charge in [0.05, 0.1) is 4.90 Å². The first-order valence-corrected chi connectivity index (χ1v) is 9.23. The van der Waals surface area contributed by atoms with Crippen molar-refractivity contribution < 1.29 is 8.42 Å². The Morgan fingerprint density at radius 1 is 1.16 bits per heavy atom. The fourth-order valence-corrected chi connectivity index (χ4v) is 4.42. The summed E-state index contributed by atoms with van der Waals surface area (Å²) in [6, 6.07) is 9.08. The van der Waals surface area contributed by atoms with E-state index in [1.807, 2.05) is 6.07 Å². The first kappa shape index (κ1) is 15.0. The van der Waals surface area contributed by atoms with Gasteiger partial charge in [-0.1, -0.05) is 53.4 Å². The van der Waals surface area contributed by atoms with E-state index >= 15 is 0 Å². The molecule has 0 spiro atoms. The number of hydrogen-bond acceptors (Lipinski definition) is 3. The highest BCUT2D eigenvalue weighted by atomic mass is 79.9. The molecule has 0 heterocycles. The van der Waals surface area contributed by atoms with Gasteiger partial charge in [0.2, 0.25) is 0 Å². The van der Waals surface area contributed by atoms with Crippen molar-refractivity contribution in [1.29, 1.82) is 0 Å². The highest BCUT2D eigenvalue weighted by molar-refractivity contribution is 9.11. The molecule has 0 unspecified atom stereocenters. The molecule has 1 saturated carbocycles. The lowest BCUT2D eigenvalue weighted by Gasteiger charge is -2.24. The summed E-state index contributed by atoms with van der Waals surface area (Å²) in [7, 11) is -3.29. The van der Waals surface area contributed by atoms with Gasteiger partial charge in [-0.15, -0.1) is 0 Å². The van der Waals surface area contributed by atoms with Crippen molar-refractivity contribution in [3.8, 4) is 0 Å². The Labute approximate surface area is 123 Å². The maximum Gasteiger partial charge on any atom is 0.192 e. The molecule has 1 fully saturated rings. The van der Waals surface area contributed by atoms with Gasteiger partial charge in [0.15, 0.2) is 9.84 Å². The lowest BCUT2D eigenvalue weighted by Crippen LogP contribution is -2.37. The van der Waals surface area contributed by atoms with Gasteiger partial charge in [0.25, 0.3) is 0 Å². The van der Waals surface area contributed by atoms with Crippen LogP contribution in [0.15, 0.2) is 35.2 Å². The zero-order valence-corrected chi connectivity index (χ0v) is 13.3. The maximum atomic E-state index is 12.3. The summed E-state index contributed by atoms with van der Waals surface area (Å²) in [5.74, 6) is 0. The average Bonchev–Trinajstić information content (AvgIpc) is 2.46. The van der Waals surface area contributed by atoms with Gasteiger partial charge >= 0.3 is 0 Å².